The number of hydrogen-bond donors (Lipinski definition) is 1. The zero-order valence-corrected chi connectivity index (χ0v) is 18.0. The molecule has 1 heterocycles. The molecule has 0 radical (unpaired) electrons. The van der Waals surface area contributed by atoms with E-state index in [2.05, 4.69) is 29.5 Å². The average molecular weight is 410 g/mol. The van der Waals surface area contributed by atoms with Crippen LogP contribution in [-0.4, -0.2) is 45.2 Å². The van der Waals surface area contributed by atoms with E-state index in [9.17, 15) is 13.2 Å². The fraction of sp³-hybridized carbons (Fsp3) is 0.444. The van der Waals surface area contributed by atoms with Gasteiger partial charge in [-0.15, -0.1) is 0 Å². The molecule has 1 aromatic heterocycles. The van der Waals surface area contributed by atoms with Crippen LogP contribution in [0.25, 0.3) is 0 Å². The molecule has 0 spiro atoms. The van der Waals surface area contributed by atoms with Gasteiger partial charge in [-0.05, 0) is 25.1 Å². The Hall–Kier alpha value is -1.81. The summed E-state index contributed by atoms with van der Waals surface area (Å²) < 4.78 is 33.9. The number of aromatic nitrogens is 2. The Morgan fingerprint density at radius 2 is 1.89 bits per heavy atom. The van der Waals surface area contributed by atoms with E-state index in [0.717, 1.165) is 11.6 Å². The number of aryl methyl sites for hydroxylation is 1. The lowest BCUT2D eigenvalue weighted by Gasteiger charge is -2.15. The van der Waals surface area contributed by atoms with Crippen LogP contribution in [0.3, 0.4) is 0 Å². The van der Waals surface area contributed by atoms with Crippen molar-refractivity contribution in [2.24, 2.45) is 0 Å². The molecule has 0 aliphatic carbocycles. The number of nitrogens with zero attached hydrogens (tertiary/aromatic N) is 2. The molecule has 0 atom stereocenters. The quantitative estimate of drug-likeness (QED) is 0.370. The monoisotopic (exact) mass is 409 g/mol. The Morgan fingerprint density at radius 3 is 2.52 bits per heavy atom. The molecule has 2 rings (SSSR count). The SMILES string of the molecule is Cc1ccc(S(=O)(=O)NCC(=O)c2cnn(COCC[Si](C)(C)C)c2)cc1. The summed E-state index contributed by atoms with van der Waals surface area (Å²) in [5, 5.41) is 4.09. The van der Waals surface area contributed by atoms with Crippen molar-refractivity contribution in [2.75, 3.05) is 13.2 Å². The van der Waals surface area contributed by atoms with Gasteiger partial charge in [0.15, 0.2) is 5.78 Å². The number of sulfonamides is 1. The molecule has 0 aliphatic heterocycles. The molecular formula is C18H27N3O4SSi. The summed E-state index contributed by atoms with van der Waals surface area (Å²) in [6.45, 7) is 9.32. The van der Waals surface area contributed by atoms with Gasteiger partial charge in [0, 0.05) is 20.9 Å². The summed E-state index contributed by atoms with van der Waals surface area (Å²) >= 11 is 0. The molecule has 0 saturated carbocycles. The van der Waals surface area contributed by atoms with Crippen LogP contribution in [0.5, 0.6) is 0 Å². The maximum absolute atomic E-state index is 12.2. The topological polar surface area (TPSA) is 90.3 Å². The van der Waals surface area contributed by atoms with Crippen molar-refractivity contribution in [3.8, 4) is 0 Å². The van der Waals surface area contributed by atoms with Crippen molar-refractivity contribution in [3.63, 3.8) is 0 Å². The van der Waals surface area contributed by atoms with Gasteiger partial charge in [0.05, 0.1) is 23.2 Å². The second-order valence-corrected chi connectivity index (χ2v) is 15.1. The third-order valence-corrected chi connectivity index (χ3v) is 7.05. The second-order valence-electron chi connectivity index (χ2n) is 7.68. The lowest BCUT2D eigenvalue weighted by atomic mass is 10.2. The molecule has 148 valence electrons. The second kappa shape index (κ2) is 8.92. The predicted octanol–water partition coefficient (Wildman–Crippen LogP) is 2.67. The summed E-state index contributed by atoms with van der Waals surface area (Å²) in [6.07, 6.45) is 2.99. The number of hydrogen-bond acceptors (Lipinski definition) is 5. The molecule has 0 fully saturated rings. The Bertz CT molecular complexity index is 871. The molecule has 1 aromatic carbocycles. The zero-order chi connectivity index (χ0) is 20.1. The molecule has 7 nitrogen and oxygen atoms in total. The van der Waals surface area contributed by atoms with Crippen molar-refractivity contribution in [2.45, 2.75) is 44.2 Å². The van der Waals surface area contributed by atoms with Gasteiger partial charge in [-0.2, -0.15) is 5.10 Å². The van der Waals surface area contributed by atoms with Crippen LogP contribution < -0.4 is 4.72 Å². The number of Topliss-reactive ketones (excluding diaryl/α,β-unsaturated/α-hetero) is 1. The van der Waals surface area contributed by atoms with E-state index < -0.39 is 18.1 Å². The normalized spacial score (nSPS) is 12.3. The summed E-state index contributed by atoms with van der Waals surface area (Å²) in [5.74, 6) is -0.348. The molecule has 0 amide bonds. The number of ketones is 1. The van der Waals surface area contributed by atoms with Crippen molar-refractivity contribution in [1.29, 1.82) is 0 Å². The molecule has 1 N–H and O–H groups in total. The summed E-state index contributed by atoms with van der Waals surface area (Å²) in [6, 6.07) is 7.50. The van der Waals surface area contributed by atoms with Crippen LogP contribution in [0, 0.1) is 6.92 Å². The van der Waals surface area contributed by atoms with E-state index in [0.29, 0.717) is 12.2 Å². The van der Waals surface area contributed by atoms with E-state index in [1.165, 1.54) is 23.0 Å². The number of carbonyl (C=O) groups is 1. The Balaban J connectivity index is 1.86. The van der Waals surface area contributed by atoms with E-state index in [-0.39, 0.29) is 24.0 Å². The highest BCUT2D eigenvalue weighted by atomic mass is 32.2. The molecule has 9 heteroatoms. The molecule has 0 saturated heterocycles. The van der Waals surface area contributed by atoms with Gasteiger partial charge in [-0.3, -0.25) is 4.79 Å². The highest BCUT2D eigenvalue weighted by Gasteiger charge is 2.17. The van der Waals surface area contributed by atoms with Crippen molar-refractivity contribution in [3.05, 3.63) is 47.8 Å². The van der Waals surface area contributed by atoms with Crippen molar-refractivity contribution < 1.29 is 17.9 Å². The fourth-order valence-corrected chi connectivity index (χ4v) is 3.92. The smallest absolute Gasteiger partial charge is 0.240 e. The first kappa shape index (κ1) is 21.5. The van der Waals surface area contributed by atoms with E-state index in [4.69, 9.17) is 4.74 Å². The van der Waals surface area contributed by atoms with Gasteiger partial charge in [-0.25, -0.2) is 17.8 Å². The van der Waals surface area contributed by atoms with Crippen LogP contribution >= 0.6 is 0 Å². The Morgan fingerprint density at radius 1 is 1.22 bits per heavy atom. The van der Waals surface area contributed by atoms with E-state index in [1.807, 2.05) is 6.92 Å². The molecule has 27 heavy (non-hydrogen) atoms. The maximum Gasteiger partial charge on any atom is 0.240 e. The number of rotatable bonds is 10. The van der Waals surface area contributed by atoms with Crippen molar-refractivity contribution >= 4 is 23.9 Å². The molecule has 2 aromatic rings. The van der Waals surface area contributed by atoms with Crippen LogP contribution in [0.15, 0.2) is 41.6 Å². The third kappa shape index (κ3) is 7.02. The average Bonchev–Trinajstić information content (AvgIpc) is 3.05. The van der Waals surface area contributed by atoms with Gasteiger partial charge < -0.3 is 4.74 Å². The lowest BCUT2D eigenvalue weighted by molar-refractivity contribution is 0.0784. The van der Waals surface area contributed by atoms with Gasteiger partial charge >= 0.3 is 0 Å². The standard InChI is InChI=1S/C18H27N3O4SSi/c1-15-5-7-17(8-6-15)26(23,24)20-12-18(22)16-11-19-21(13-16)14-25-9-10-27(2,3)4/h5-8,11,13,20H,9-10,12,14H2,1-4H3. The van der Waals surface area contributed by atoms with Crippen LogP contribution in [-0.2, 0) is 21.5 Å². The minimum absolute atomic E-state index is 0.132. The van der Waals surface area contributed by atoms with Gasteiger partial charge in [0.25, 0.3) is 0 Å². The van der Waals surface area contributed by atoms with Crippen molar-refractivity contribution in [1.82, 2.24) is 14.5 Å². The first-order valence-corrected chi connectivity index (χ1v) is 14.0. The molecular weight excluding hydrogens is 382 g/mol. The third-order valence-electron chi connectivity index (χ3n) is 3.93. The van der Waals surface area contributed by atoms with Crippen LogP contribution in [0.4, 0.5) is 0 Å². The minimum atomic E-state index is -3.72. The molecule has 0 aliphatic rings. The minimum Gasteiger partial charge on any atom is -0.360 e. The van der Waals surface area contributed by atoms with Gasteiger partial charge in [0.2, 0.25) is 10.0 Å². The number of ether oxygens (including phenoxy) is 1. The maximum atomic E-state index is 12.2. The number of benzene rings is 1. The largest absolute Gasteiger partial charge is 0.360 e. The highest BCUT2D eigenvalue weighted by Crippen LogP contribution is 2.10. The first-order valence-electron chi connectivity index (χ1n) is 8.77. The Kier molecular flexibility index (Phi) is 7.10. The first-order chi connectivity index (χ1) is 12.6. The fourth-order valence-electron chi connectivity index (χ4n) is 2.18. The summed E-state index contributed by atoms with van der Waals surface area (Å²) in [4.78, 5) is 12.4. The Labute approximate surface area is 161 Å². The molecule has 0 unspecified atom stereocenters. The van der Waals surface area contributed by atoms with E-state index in [1.54, 1.807) is 18.3 Å². The highest BCUT2D eigenvalue weighted by molar-refractivity contribution is 7.89. The predicted molar refractivity (Wildman–Crippen MR) is 107 cm³/mol. The molecule has 0 bridgehead atoms. The summed E-state index contributed by atoms with van der Waals surface area (Å²) in [7, 11) is -4.87. The number of carbonyl (C=O) groups excluding carboxylic acids is 1. The number of nitrogens with one attached hydrogen (secondary N) is 1. The zero-order valence-electron chi connectivity index (χ0n) is 16.2. The van der Waals surface area contributed by atoms with Gasteiger partial charge in [-0.1, -0.05) is 37.3 Å². The summed E-state index contributed by atoms with van der Waals surface area (Å²) in [5.41, 5.74) is 1.31. The van der Waals surface area contributed by atoms with Crippen LogP contribution in [0.2, 0.25) is 25.7 Å². The lowest BCUT2D eigenvalue weighted by Crippen LogP contribution is -2.29. The van der Waals surface area contributed by atoms with Crippen LogP contribution in [0.1, 0.15) is 15.9 Å². The van der Waals surface area contributed by atoms with E-state index >= 15 is 0 Å². The van der Waals surface area contributed by atoms with Gasteiger partial charge in [0.1, 0.15) is 6.73 Å².